The Labute approximate surface area is 188 Å². The zero-order valence-corrected chi connectivity index (χ0v) is 18.2. The molecule has 0 bridgehead atoms. The number of para-hydroxylation sites is 1. The molecule has 0 saturated carbocycles. The van der Waals surface area contributed by atoms with E-state index in [4.69, 9.17) is 9.47 Å². The largest absolute Gasteiger partial charge is 0.457 e. The minimum absolute atomic E-state index is 0.0961. The van der Waals surface area contributed by atoms with Gasteiger partial charge in [-0.3, -0.25) is 4.79 Å². The molecule has 5 heteroatoms. The number of amides is 1. The molecule has 5 nitrogen and oxygen atoms in total. The van der Waals surface area contributed by atoms with E-state index in [1.54, 1.807) is 0 Å². The molecule has 2 aliphatic rings. The molecule has 1 N–H and O–H groups in total. The summed E-state index contributed by atoms with van der Waals surface area (Å²) in [6.45, 7) is 5.94. The van der Waals surface area contributed by atoms with Crippen LogP contribution < -0.4 is 10.1 Å². The van der Waals surface area contributed by atoms with Crippen molar-refractivity contribution in [1.29, 1.82) is 0 Å². The Bertz CT molecular complexity index is 1070. The lowest BCUT2D eigenvalue weighted by atomic mass is 9.87. The van der Waals surface area contributed by atoms with Gasteiger partial charge >= 0.3 is 5.97 Å². The van der Waals surface area contributed by atoms with E-state index in [0.29, 0.717) is 29.9 Å². The molecule has 1 heterocycles. The summed E-state index contributed by atoms with van der Waals surface area (Å²) in [5.41, 5.74) is 3.06. The van der Waals surface area contributed by atoms with E-state index in [2.05, 4.69) is 11.9 Å². The fraction of sp³-hybridized carbons (Fsp3) is 0.259. The van der Waals surface area contributed by atoms with Crippen LogP contribution in [0.25, 0.3) is 0 Å². The van der Waals surface area contributed by atoms with Gasteiger partial charge in [0, 0.05) is 22.8 Å². The third-order valence-corrected chi connectivity index (χ3v) is 5.84. The minimum atomic E-state index is -0.337. The second-order valence-corrected chi connectivity index (χ2v) is 8.22. The van der Waals surface area contributed by atoms with E-state index < -0.39 is 0 Å². The monoisotopic (exact) mass is 429 g/mol. The van der Waals surface area contributed by atoms with Crippen LogP contribution in [-0.2, 0) is 14.3 Å². The van der Waals surface area contributed by atoms with Crippen LogP contribution in [0.15, 0.2) is 90.0 Å². The number of carbonyl (C=O) groups is 2. The van der Waals surface area contributed by atoms with Gasteiger partial charge in [0.25, 0.3) is 5.91 Å². The number of fused-ring (bicyclic) bond motifs is 1. The summed E-state index contributed by atoms with van der Waals surface area (Å²) < 4.78 is 11.3. The highest BCUT2D eigenvalue weighted by Gasteiger charge is 2.37. The number of benzene rings is 2. The predicted molar refractivity (Wildman–Crippen MR) is 124 cm³/mol. The second-order valence-electron chi connectivity index (χ2n) is 8.22. The molecular formula is C27H27NO4. The summed E-state index contributed by atoms with van der Waals surface area (Å²) in [6.07, 6.45) is 6.53. The summed E-state index contributed by atoms with van der Waals surface area (Å²) in [6, 6.07) is 16.9. The third kappa shape index (κ3) is 5.17. The van der Waals surface area contributed by atoms with Crippen molar-refractivity contribution in [3.63, 3.8) is 0 Å². The predicted octanol–water partition coefficient (Wildman–Crippen LogP) is 5.96. The van der Waals surface area contributed by atoms with Crippen molar-refractivity contribution < 1.29 is 19.1 Å². The molecule has 32 heavy (non-hydrogen) atoms. The molecule has 2 aromatic rings. The van der Waals surface area contributed by atoms with Gasteiger partial charge in [-0.1, -0.05) is 36.4 Å². The molecule has 1 fully saturated rings. The van der Waals surface area contributed by atoms with Crippen molar-refractivity contribution in [1.82, 2.24) is 0 Å². The Morgan fingerprint density at radius 1 is 1.06 bits per heavy atom. The molecule has 0 unspecified atom stereocenters. The number of rotatable bonds is 4. The van der Waals surface area contributed by atoms with Gasteiger partial charge in [-0.05, 0) is 75.1 Å². The van der Waals surface area contributed by atoms with E-state index in [1.807, 2.05) is 73.7 Å². The summed E-state index contributed by atoms with van der Waals surface area (Å²) in [4.78, 5) is 25.0. The summed E-state index contributed by atoms with van der Waals surface area (Å²) >= 11 is 0. The molecule has 164 valence electrons. The van der Waals surface area contributed by atoms with Crippen molar-refractivity contribution in [2.75, 3.05) is 5.32 Å². The first-order valence-corrected chi connectivity index (χ1v) is 10.9. The number of esters is 1. The Kier molecular flexibility index (Phi) is 6.55. The normalized spacial score (nSPS) is 24.3. The Morgan fingerprint density at radius 2 is 1.78 bits per heavy atom. The SMILES string of the molecule is C=C1C(=O)O[C@@H]2/C=C(/C)CC/C=C(/C(=O)Nc3ccc(Oc4ccccc4)cc3)CC[C@H]12. The van der Waals surface area contributed by atoms with E-state index in [0.717, 1.165) is 29.7 Å². The van der Waals surface area contributed by atoms with Crippen molar-refractivity contribution in [3.8, 4) is 11.5 Å². The zero-order valence-electron chi connectivity index (χ0n) is 18.2. The summed E-state index contributed by atoms with van der Waals surface area (Å²) in [5.74, 6) is 0.896. The fourth-order valence-corrected chi connectivity index (χ4v) is 4.02. The molecule has 1 saturated heterocycles. The number of hydrogen-bond donors (Lipinski definition) is 1. The number of hydrogen-bond acceptors (Lipinski definition) is 4. The van der Waals surface area contributed by atoms with Gasteiger partial charge in [0.1, 0.15) is 17.6 Å². The van der Waals surface area contributed by atoms with E-state index in [1.165, 1.54) is 0 Å². The molecule has 1 amide bonds. The van der Waals surface area contributed by atoms with Crippen LogP contribution in [-0.4, -0.2) is 18.0 Å². The lowest BCUT2D eigenvalue weighted by molar-refractivity contribution is -0.137. The van der Waals surface area contributed by atoms with Crippen LogP contribution in [0.2, 0.25) is 0 Å². The maximum absolute atomic E-state index is 13.0. The van der Waals surface area contributed by atoms with Crippen LogP contribution >= 0.6 is 0 Å². The van der Waals surface area contributed by atoms with E-state index >= 15 is 0 Å². The Morgan fingerprint density at radius 3 is 2.53 bits per heavy atom. The first-order valence-electron chi connectivity index (χ1n) is 10.9. The Balaban J connectivity index is 1.42. The van der Waals surface area contributed by atoms with Gasteiger partial charge in [0.2, 0.25) is 0 Å². The average molecular weight is 430 g/mol. The molecule has 0 aromatic heterocycles. The molecule has 2 aromatic carbocycles. The van der Waals surface area contributed by atoms with Crippen LogP contribution in [0.1, 0.15) is 32.6 Å². The first-order chi connectivity index (χ1) is 15.5. The molecule has 0 spiro atoms. The minimum Gasteiger partial charge on any atom is -0.457 e. The molecule has 1 aliphatic carbocycles. The smallest absolute Gasteiger partial charge is 0.334 e. The number of allylic oxidation sites excluding steroid dienone is 2. The van der Waals surface area contributed by atoms with Gasteiger partial charge < -0.3 is 14.8 Å². The number of carbonyl (C=O) groups excluding carboxylic acids is 2. The molecule has 2 atom stereocenters. The quantitative estimate of drug-likeness (QED) is 0.370. The number of nitrogens with one attached hydrogen (secondary N) is 1. The van der Waals surface area contributed by atoms with Crippen LogP contribution in [0.5, 0.6) is 11.5 Å². The number of anilines is 1. The van der Waals surface area contributed by atoms with Crippen LogP contribution in [0, 0.1) is 5.92 Å². The zero-order chi connectivity index (χ0) is 22.5. The van der Waals surface area contributed by atoms with Gasteiger partial charge in [0.15, 0.2) is 0 Å². The molecule has 1 aliphatic heterocycles. The average Bonchev–Trinajstić information content (AvgIpc) is 3.05. The van der Waals surface area contributed by atoms with Gasteiger partial charge in [-0.15, -0.1) is 0 Å². The van der Waals surface area contributed by atoms with Crippen LogP contribution in [0.4, 0.5) is 5.69 Å². The highest BCUT2D eigenvalue weighted by atomic mass is 16.6. The number of ether oxygens (including phenoxy) is 2. The second kappa shape index (κ2) is 9.69. The van der Waals surface area contributed by atoms with Crippen molar-refractivity contribution in [2.45, 2.75) is 38.7 Å². The lowest BCUT2D eigenvalue weighted by Gasteiger charge is -2.18. The highest BCUT2D eigenvalue weighted by Crippen LogP contribution is 2.34. The van der Waals surface area contributed by atoms with Crippen molar-refractivity contribution in [2.24, 2.45) is 5.92 Å². The van der Waals surface area contributed by atoms with Crippen molar-refractivity contribution in [3.05, 3.63) is 90.0 Å². The third-order valence-electron chi connectivity index (χ3n) is 5.84. The lowest BCUT2D eigenvalue weighted by Crippen LogP contribution is -2.19. The molecular weight excluding hydrogens is 402 g/mol. The molecule has 4 rings (SSSR count). The van der Waals surface area contributed by atoms with Crippen LogP contribution in [0.3, 0.4) is 0 Å². The fourth-order valence-electron chi connectivity index (χ4n) is 4.02. The highest BCUT2D eigenvalue weighted by molar-refractivity contribution is 6.03. The first kappa shape index (κ1) is 21.6. The van der Waals surface area contributed by atoms with Gasteiger partial charge in [-0.2, -0.15) is 0 Å². The maximum Gasteiger partial charge on any atom is 0.334 e. The van der Waals surface area contributed by atoms with E-state index in [9.17, 15) is 9.59 Å². The van der Waals surface area contributed by atoms with Gasteiger partial charge in [-0.25, -0.2) is 4.79 Å². The van der Waals surface area contributed by atoms with Crippen molar-refractivity contribution >= 4 is 17.6 Å². The maximum atomic E-state index is 13.0. The molecule has 0 radical (unpaired) electrons. The Hall–Kier alpha value is -3.60. The topological polar surface area (TPSA) is 64.6 Å². The van der Waals surface area contributed by atoms with Gasteiger partial charge in [0.05, 0.1) is 0 Å². The standard InChI is InChI=1S/C27H27NO4/c1-18-7-6-8-20(11-16-24-19(2)27(30)32-25(24)17-18)26(29)28-21-12-14-23(15-13-21)31-22-9-4-3-5-10-22/h3-5,8-10,12-15,17,24-25H,2,6-7,11,16H2,1H3,(H,28,29)/b18-17-,20-8+/t24-,25-/m1/s1. The summed E-state index contributed by atoms with van der Waals surface area (Å²) in [7, 11) is 0. The van der Waals surface area contributed by atoms with E-state index in [-0.39, 0.29) is 23.9 Å². The summed E-state index contributed by atoms with van der Waals surface area (Å²) in [5, 5.41) is 2.98.